The van der Waals surface area contributed by atoms with Gasteiger partial charge in [-0.15, -0.1) is 5.01 Å². The summed E-state index contributed by atoms with van der Waals surface area (Å²) in [7, 11) is -3.24. The summed E-state index contributed by atoms with van der Waals surface area (Å²) < 4.78 is 35.1. The molecule has 0 saturated carbocycles. The fourth-order valence-corrected chi connectivity index (χ4v) is 3.58. The molecular weight excluding hydrogens is 350 g/mol. The molecular formula is C14H26N5O5S+. The molecule has 1 aliphatic rings. The molecule has 1 saturated heterocycles. The Morgan fingerprint density at radius 1 is 1.48 bits per heavy atom. The molecule has 1 aromatic rings. The highest BCUT2D eigenvalue weighted by Gasteiger charge is 2.43. The summed E-state index contributed by atoms with van der Waals surface area (Å²) in [5.74, 6) is 0.155. The molecule has 2 heterocycles. The second-order valence-electron chi connectivity index (χ2n) is 6.63. The molecule has 10 nitrogen and oxygen atoms in total. The van der Waals surface area contributed by atoms with Gasteiger partial charge in [0.25, 0.3) is 6.20 Å². The van der Waals surface area contributed by atoms with Gasteiger partial charge in [-0.2, -0.15) is 4.31 Å². The lowest BCUT2D eigenvalue weighted by molar-refractivity contribution is -0.766. The number of hydrogen-bond donors (Lipinski definition) is 1. The number of rotatable bonds is 6. The van der Waals surface area contributed by atoms with E-state index in [9.17, 15) is 13.2 Å². The molecule has 1 aromatic heterocycles. The summed E-state index contributed by atoms with van der Waals surface area (Å²) in [6, 6.07) is 0. The minimum atomic E-state index is -3.24. The van der Waals surface area contributed by atoms with Crippen LogP contribution in [0.15, 0.2) is 10.7 Å². The van der Waals surface area contributed by atoms with Crippen molar-refractivity contribution >= 4 is 22.0 Å². The first-order valence-electron chi connectivity index (χ1n) is 8.19. The van der Waals surface area contributed by atoms with Gasteiger partial charge in [-0.1, -0.05) is 13.3 Å². The van der Waals surface area contributed by atoms with E-state index in [1.165, 1.54) is 21.5 Å². The summed E-state index contributed by atoms with van der Waals surface area (Å²) in [4.78, 5) is 13.1. The lowest BCUT2D eigenvalue weighted by Crippen LogP contribution is -2.74. The quantitative estimate of drug-likeness (QED) is 0.562. The number of carbonyl (C=O) groups excluding carboxylic acids is 1. The number of ether oxygens (including phenoxy) is 1. The highest BCUT2D eigenvalue weighted by Crippen LogP contribution is 2.19. The fraction of sp³-hybridized carbons (Fsp3) is 0.786. The van der Waals surface area contributed by atoms with Crippen LogP contribution in [0, 0.1) is 0 Å². The van der Waals surface area contributed by atoms with Gasteiger partial charge in [0.2, 0.25) is 15.3 Å². The Kier molecular flexibility index (Phi) is 5.88. The maximum Gasteiger partial charge on any atom is 0.414 e. The maximum atomic E-state index is 11.8. The molecule has 1 N–H and O–H groups in total. The normalized spacial score (nSPS) is 18.2. The number of nitrogens with one attached hydrogen (secondary N) is 1. The average Bonchev–Trinajstić information content (AvgIpc) is 2.93. The zero-order valence-corrected chi connectivity index (χ0v) is 15.9. The molecule has 0 radical (unpaired) electrons. The molecule has 1 fully saturated rings. The number of hydrogen-bond acceptors (Lipinski definition) is 7. The van der Waals surface area contributed by atoms with Crippen molar-refractivity contribution in [3.63, 3.8) is 0 Å². The first-order valence-corrected chi connectivity index (χ1v) is 10.0. The molecule has 1 amide bonds. The molecule has 0 atom stereocenters. The van der Waals surface area contributed by atoms with E-state index in [1.807, 2.05) is 25.8 Å². The summed E-state index contributed by atoms with van der Waals surface area (Å²) in [6.07, 6.45) is 3.86. The van der Waals surface area contributed by atoms with Crippen LogP contribution in [0.1, 0.15) is 33.6 Å². The highest BCUT2D eigenvalue weighted by atomic mass is 32.2. The van der Waals surface area contributed by atoms with Crippen LogP contribution < -0.4 is 15.1 Å². The van der Waals surface area contributed by atoms with Crippen LogP contribution in [0.3, 0.4) is 0 Å². The van der Waals surface area contributed by atoms with E-state index in [2.05, 4.69) is 10.6 Å². The monoisotopic (exact) mass is 376 g/mol. The Balaban J connectivity index is 2.01. The number of sulfonamides is 1. The number of anilines is 1. The van der Waals surface area contributed by atoms with Crippen molar-refractivity contribution in [2.45, 2.75) is 39.2 Å². The minimum absolute atomic E-state index is 0.155. The third kappa shape index (κ3) is 5.05. The van der Waals surface area contributed by atoms with Crippen LogP contribution in [0.2, 0.25) is 0 Å². The Bertz CT molecular complexity index is 702. The van der Waals surface area contributed by atoms with Crippen molar-refractivity contribution in [2.24, 2.45) is 0 Å². The summed E-state index contributed by atoms with van der Waals surface area (Å²) in [6.45, 7) is 7.30. The van der Waals surface area contributed by atoms with Crippen LogP contribution >= 0.6 is 0 Å². The van der Waals surface area contributed by atoms with E-state index in [1.54, 1.807) is 0 Å². The van der Waals surface area contributed by atoms with Gasteiger partial charge >= 0.3 is 12.0 Å². The second kappa shape index (κ2) is 7.56. The number of amides is 1. The Morgan fingerprint density at radius 3 is 2.80 bits per heavy atom. The molecule has 25 heavy (non-hydrogen) atoms. The van der Waals surface area contributed by atoms with E-state index in [4.69, 9.17) is 9.26 Å². The highest BCUT2D eigenvalue weighted by molar-refractivity contribution is 7.88. The van der Waals surface area contributed by atoms with Gasteiger partial charge in [-0.3, -0.25) is 9.84 Å². The molecule has 2 rings (SSSR count). The predicted octanol–water partition coefficient (Wildman–Crippen LogP) is 0.303. The lowest BCUT2D eigenvalue weighted by Gasteiger charge is -2.40. The van der Waals surface area contributed by atoms with Gasteiger partial charge < -0.3 is 4.74 Å². The van der Waals surface area contributed by atoms with E-state index in [-0.39, 0.29) is 5.88 Å². The van der Waals surface area contributed by atoms with Gasteiger partial charge in [-0.25, -0.2) is 13.2 Å². The largest absolute Gasteiger partial charge is 0.449 e. The van der Waals surface area contributed by atoms with Crippen molar-refractivity contribution in [2.75, 3.05) is 42.8 Å². The molecule has 0 spiro atoms. The molecule has 0 bridgehead atoms. The molecule has 0 unspecified atom stereocenters. The van der Waals surface area contributed by atoms with Crippen LogP contribution in [-0.2, 0) is 14.8 Å². The number of unbranched alkanes of at least 4 members (excludes halogenated alkanes) is 1. The summed E-state index contributed by atoms with van der Waals surface area (Å²) in [5, 5.41) is 8.26. The Morgan fingerprint density at radius 2 is 2.20 bits per heavy atom. The third-order valence-corrected chi connectivity index (χ3v) is 5.20. The summed E-state index contributed by atoms with van der Waals surface area (Å²) in [5.41, 5.74) is -0.498. The molecule has 1 aliphatic heterocycles. The molecule has 0 aliphatic carbocycles. The van der Waals surface area contributed by atoms with Crippen LogP contribution in [0.5, 0.6) is 0 Å². The van der Waals surface area contributed by atoms with Crippen molar-refractivity contribution < 1.29 is 27.3 Å². The number of carbonyl (C=O) groups is 1. The molecule has 11 heteroatoms. The first kappa shape index (κ1) is 19.4. The van der Waals surface area contributed by atoms with Crippen molar-refractivity contribution in [1.29, 1.82) is 0 Å². The van der Waals surface area contributed by atoms with E-state index in [0.29, 0.717) is 26.2 Å². The van der Waals surface area contributed by atoms with Gasteiger partial charge in [0.15, 0.2) is 0 Å². The zero-order chi connectivity index (χ0) is 18.7. The summed E-state index contributed by atoms with van der Waals surface area (Å²) >= 11 is 0. The van der Waals surface area contributed by atoms with Crippen LogP contribution in [0.4, 0.5) is 10.7 Å². The smallest absolute Gasteiger partial charge is 0.414 e. The number of piperazine rings is 1. The lowest BCUT2D eigenvalue weighted by atomic mass is 10.0. The second-order valence-corrected chi connectivity index (χ2v) is 8.62. The van der Waals surface area contributed by atoms with Gasteiger partial charge in [0.1, 0.15) is 5.54 Å². The van der Waals surface area contributed by atoms with Crippen LogP contribution in [-0.4, -0.2) is 62.1 Å². The van der Waals surface area contributed by atoms with Crippen molar-refractivity contribution in [3.05, 3.63) is 6.20 Å². The Hall–Kier alpha value is -1.88. The topological polar surface area (TPSA) is 109 Å². The maximum absolute atomic E-state index is 11.8. The Labute approximate surface area is 147 Å². The van der Waals surface area contributed by atoms with E-state index < -0.39 is 21.7 Å². The van der Waals surface area contributed by atoms with Gasteiger partial charge in [0, 0.05) is 13.1 Å². The van der Waals surface area contributed by atoms with Gasteiger partial charge in [0.05, 0.1) is 24.2 Å². The number of aromatic nitrogens is 2. The number of nitrogens with zero attached hydrogens (tertiary/aromatic N) is 4. The van der Waals surface area contributed by atoms with E-state index in [0.717, 1.165) is 12.8 Å². The van der Waals surface area contributed by atoms with Crippen molar-refractivity contribution in [3.8, 4) is 0 Å². The zero-order valence-electron chi connectivity index (χ0n) is 15.1. The van der Waals surface area contributed by atoms with E-state index >= 15 is 0 Å². The first-order chi connectivity index (χ1) is 11.6. The van der Waals surface area contributed by atoms with Gasteiger partial charge in [-0.05, 0) is 20.3 Å². The third-order valence-electron chi connectivity index (χ3n) is 3.95. The van der Waals surface area contributed by atoms with Crippen LogP contribution in [0.25, 0.3) is 0 Å². The van der Waals surface area contributed by atoms with Crippen molar-refractivity contribution in [1.82, 2.24) is 9.58 Å². The SMILES string of the molecule is CCCCOC(=O)Nc1c[n+](N2CCN(S(C)(=O)=O)CC2(C)C)no1. The predicted molar refractivity (Wildman–Crippen MR) is 90.2 cm³/mol. The minimum Gasteiger partial charge on any atom is -0.449 e. The fourth-order valence-electron chi connectivity index (χ4n) is 2.62. The standard InChI is InChI=1S/C14H25N5O5S/c1-5-6-9-23-13(20)15-12-10-19(16-24-12)18-8-7-17(25(4,21)22)11-14(18,2)3/h10H,5-9,11H2,1-4H3/p+1. The molecule has 0 aromatic carbocycles. The average molecular weight is 376 g/mol. The molecule has 142 valence electrons.